The van der Waals surface area contributed by atoms with E-state index < -0.39 is 0 Å². The number of nitrogens with one attached hydrogen (secondary N) is 1. The molecular weight excluding hydrogens is 258 g/mol. The molecule has 0 radical (unpaired) electrons. The van der Waals surface area contributed by atoms with E-state index in [1.807, 2.05) is 12.1 Å². The van der Waals surface area contributed by atoms with Crippen molar-refractivity contribution in [2.24, 2.45) is 0 Å². The SMILES string of the molecule is CCCCOc1ccc(Nc2c(C)cccc2CC)cc1. The van der Waals surface area contributed by atoms with Crippen LogP contribution in [-0.2, 0) is 6.42 Å². The van der Waals surface area contributed by atoms with E-state index >= 15 is 0 Å². The summed E-state index contributed by atoms with van der Waals surface area (Å²) in [4.78, 5) is 0. The third-order valence-electron chi connectivity index (χ3n) is 3.63. The Bertz CT molecular complexity index is 560. The van der Waals surface area contributed by atoms with E-state index in [1.54, 1.807) is 0 Å². The van der Waals surface area contributed by atoms with Gasteiger partial charge in [-0.25, -0.2) is 0 Å². The Hall–Kier alpha value is -1.96. The molecule has 0 aliphatic rings. The third kappa shape index (κ3) is 4.25. The molecule has 21 heavy (non-hydrogen) atoms. The summed E-state index contributed by atoms with van der Waals surface area (Å²) >= 11 is 0. The maximum Gasteiger partial charge on any atom is 0.119 e. The van der Waals surface area contributed by atoms with Crippen molar-refractivity contribution in [3.8, 4) is 5.75 Å². The van der Waals surface area contributed by atoms with E-state index in [9.17, 15) is 0 Å². The standard InChI is InChI=1S/C19H25NO/c1-4-6-14-21-18-12-10-17(11-13-18)20-19-15(3)8-7-9-16(19)5-2/h7-13,20H,4-6,14H2,1-3H3. The summed E-state index contributed by atoms with van der Waals surface area (Å²) in [5.41, 5.74) is 4.94. The molecule has 0 saturated carbocycles. The van der Waals surface area contributed by atoms with Gasteiger partial charge in [-0.2, -0.15) is 0 Å². The maximum atomic E-state index is 5.69. The minimum absolute atomic E-state index is 0.793. The van der Waals surface area contributed by atoms with Crippen LogP contribution in [0.3, 0.4) is 0 Å². The molecule has 0 unspecified atom stereocenters. The molecule has 0 amide bonds. The Labute approximate surface area is 128 Å². The zero-order valence-electron chi connectivity index (χ0n) is 13.3. The lowest BCUT2D eigenvalue weighted by Gasteiger charge is -2.14. The number of ether oxygens (including phenoxy) is 1. The van der Waals surface area contributed by atoms with Crippen molar-refractivity contribution in [3.05, 3.63) is 53.6 Å². The van der Waals surface area contributed by atoms with Crippen LogP contribution < -0.4 is 10.1 Å². The van der Waals surface area contributed by atoms with E-state index in [1.165, 1.54) is 16.8 Å². The largest absolute Gasteiger partial charge is 0.494 e. The number of hydrogen-bond acceptors (Lipinski definition) is 2. The molecule has 0 aromatic heterocycles. The molecule has 0 aliphatic heterocycles. The van der Waals surface area contributed by atoms with Gasteiger partial charge in [0.2, 0.25) is 0 Å². The maximum absolute atomic E-state index is 5.69. The molecule has 2 aromatic carbocycles. The Morgan fingerprint density at radius 2 is 1.76 bits per heavy atom. The van der Waals surface area contributed by atoms with Crippen molar-refractivity contribution in [2.75, 3.05) is 11.9 Å². The summed E-state index contributed by atoms with van der Waals surface area (Å²) in [7, 11) is 0. The van der Waals surface area contributed by atoms with Crippen LogP contribution in [0.25, 0.3) is 0 Å². The van der Waals surface area contributed by atoms with Gasteiger partial charge in [-0.3, -0.25) is 0 Å². The van der Waals surface area contributed by atoms with Crippen LogP contribution in [0.5, 0.6) is 5.75 Å². The third-order valence-corrected chi connectivity index (χ3v) is 3.63. The summed E-state index contributed by atoms with van der Waals surface area (Å²) in [5, 5.41) is 3.53. The van der Waals surface area contributed by atoms with Crippen molar-refractivity contribution in [1.29, 1.82) is 0 Å². The van der Waals surface area contributed by atoms with Crippen LogP contribution in [-0.4, -0.2) is 6.61 Å². The molecule has 112 valence electrons. The summed E-state index contributed by atoms with van der Waals surface area (Å²) in [5.74, 6) is 0.939. The average Bonchev–Trinajstić information content (AvgIpc) is 2.51. The minimum Gasteiger partial charge on any atom is -0.494 e. The number of aryl methyl sites for hydroxylation is 2. The first-order valence-electron chi connectivity index (χ1n) is 7.83. The van der Waals surface area contributed by atoms with E-state index in [0.29, 0.717) is 0 Å². The van der Waals surface area contributed by atoms with E-state index in [2.05, 4.69) is 56.4 Å². The first kappa shape index (κ1) is 15.4. The van der Waals surface area contributed by atoms with Gasteiger partial charge >= 0.3 is 0 Å². The second kappa shape index (κ2) is 7.72. The van der Waals surface area contributed by atoms with Crippen molar-refractivity contribution >= 4 is 11.4 Å². The van der Waals surface area contributed by atoms with Crippen LogP contribution in [0.2, 0.25) is 0 Å². The molecule has 1 N–H and O–H groups in total. The highest BCUT2D eigenvalue weighted by atomic mass is 16.5. The smallest absolute Gasteiger partial charge is 0.119 e. The van der Waals surface area contributed by atoms with Gasteiger partial charge < -0.3 is 10.1 Å². The molecule has 2 nitrogen and oxygen atoms in total. The van der Waals surface area contributed by atoms with Gasteiger partial charge in [-0.1, -0.05) is 38.5 Å². The second-order valence-corrected chi connectivity index (χ2v) is 5.31. The number of unbranched alkanes of at least 4 members (excludes halogenated alkanes) is 1. The molecule has 0 bridgehead atoms. The fourth-order valence-corrected chi connectivity index (χ4v) is 2.32. The van der Waals surface area contributed by atoms with Crippen LogP contribution in [0.15, 0.2) is 42.5 Å². The van der Waals surface area contributed by atoms with Gasteiger partial charge in [0.1, 0.15) is 5.75 Å². The Morgan fingerprint density at radius 3 is 2.43 bits per heavy atom. The molecular formula is C19H25NO. The van der Waals surface area contributed by atoms with Gasteiger partial charge in [0.15, 0.2) is 0 Å². The predicted molar refractivity (Wildman–Crippen MR) is 90.7 cm³/mol. The highest BCUT2D eigenvalue weighted by Crippen LogP contribution is 2.26. The van der Waals surface area contributed by atoms with E-state index in [4.69, 9.17) is 4.74 Å². The average molecular weight is 283 g/mol. The fourth-order valence-electron chi connectivity index (χ4n) is 2.32. The summed E-state index contributed by atoms with van der Waals surface area (Å²) in [6, 6.07) is 14.6. The van der Waals surface area contributed by atoms with E-state index in [-0.39, 0.29) is 0 Å². The quantitative estimate of drug-likeness (QED) is 0.679. The van der Waals surface area contributed by atoms with Crippen molar-refractivity contribution in [3.63, 3.8) is 0 Å². The first-order chi connectivity index (χ1) is 10.2. The van der Waals surface area contributed by atoms with Crippen LogP contribution in [0.1, 0.15) is 37.8 Å². The number of hydrogen-bond donors (Lipinski definition) is 1. The molecule has 0 saturated heterocycles. The molecule has 0 aliphatic carbocycles. The zero-order chi connectivity index (χ0) is 15.1. The molecule has 0 spiro atoms. The van der Waals surface area contributed by atoms with Crippen LogP contribution in [0.4, 0.5) is 11.4 Å². The van der Waals surface area contributed by atoms with Crippen molar-refractivity contribution < 1.29 is 4.74 Å². The zero-order valence-corrected chi connectivity index (χ0v) is 13.3. The molecule has 2 aromatic rings. The highest BCUT2D eigenvalue weighted by molar-refractivity contribution is 5.67. The highest BCUT2D eigenvalue weighted by Gasteiger charge is 2.04. The summed E-state index contributed by atoms with van der Waals surface area (Å²) < 4.78 is 5.69. The van der Waals surface area contributed by atoms with Gasteiger partial charge in [-0.15, -0.1) is 0 Å². The number of rotatable bonds is 7. The monoisotopic (exact) mass is 283 g/mol. The number of benzene rings is 2. The van der Waals surface area contributed by atoms with Crippen molar-refractivity contribution in [1.82, 2.24) is 0 Å². The summed E-state index contributed by atoms with van der Waals surface area (Å²) in [6.45, 7) is 7.29. The number of para-hydroxylation sites is 1. The molecule has 2 rings (SSSR count). The van der Waals surface area contributed by atoms with E-state index in [0.717, 1.165) is 37.3 Å². The van der Waals surface area contributed by atoms with Gasteiger partial charge in [-0.05, 0) is 55.2 Å². The number of anilines is 2. The lowest BCUT2D eigenvalue weighted by Crippen LogP contribution is -1.99. The molecule has 2 heteroatoms. The predicted octanol–water partition coefficient (Wildman–Crippen LogP) is 5.48. The normalized spacial score (nSPS) is 10.4. The van der Waals surface area contributed by atoms with Crippen LogP contribution >= 0.6 is 0 Å². The molecule has 0 atom stereocenters. The lowest BCUT2D eigenvalue weighted by atomic mass is 10.1. The van der Waals surface area contributed by atoms with Gasteiger partial charge in [0, 0.05) is 11.4 Å². The van der Waals surface area contributed by atoms with Crippen molar-refractivity contribution in [2.45, 2.75) is 40.0 Å². The Balaban J connectivity index is 2.07. The lowest BCUT2D eigenvalue weighted by molar-refractivity contribution is 0.309. The molecule has 0 heterocycles. The topological polar surface area (TPSA) is 21.3 Å². The van der Waals surface area contributed by atoms with Crippen LogP contribution in [0, 0.1) is 6.92 Å². The fraction of sp³-hybridized carbons (Fsp3) is 0.368. The Kier molecular flexibility index (Phi) is 5.68. The minimum atomic E-state index is 0.793. The Morgan fingerprint density at radius 1 is 1.00 bits per heavy atom. The molecule has 0 fully saturated rings. The van der Waals surface area contributed by atoms with Gasteiger partial charge in [0.25, 0.3) is 0 Å². The second-order valence-electron chi connectivity index (χ2n) is 5.31. The first-order valence-corrected chi connectivity index (χ1v) is 7.83. The summed E-state index contributed by atoms with van der Waals surface area (Å²) in [6.07, 6.45) is 3.29. The van der Waals surface area contributed by atoms with Gasteiger partial charge in [0.05, 0.1) is 6.61 Å².